The van der Waals surface area contributed by atoms with E-state index in [2.05, 4.69) is 48.4 Å². The van der Waals surface area contributed by atoms with Gasteiger partial charge in [0.1, 0.15) is 0 Å². The quantitative estimate of drug-likeness (QED) is 0.790. The second kappa shape index (κ2) is 7.25. The molecule has 0 saturated carbocycles. The lowest BCUT2D eigenvalue weighted by molar-refractivity contribution is 0.484. The van der Waals surface area contributed by atoms with E-state index in [0.29, 0.717) is 6.04 Å². The molecule has 1 N–H and O–H groups in total. The molecule has 0 radical (unpaired) electrons. The normalized spacial score (nSPS) is 12.7. The van der Waals surface area contributed by atoms with Crippen molar-refractivity contribution in [2.24, 2.45) is 0 Å². The lowest BCUT2D eigenvalue weighted by atomic mass is 9.96. The topological polar surface area (TPSA) is 24.9 Å². The fourth-order valence-electron chi connectivity index (χ4n) is 2.54. The number of hydrogen-bond donors (Lipinski definition) is 1. The molecule has 1 heterocycles. The standard InChI is InChI=1S/C17H24N2/c1-3-5-9-17(19-11-4-2)15-8-6-7-14-10-12-18-13-16(14)15/h6-8,10,12-13,17,19H,3-5,9,11H2,1-2H3. The van der Waals surface area contributed by atoms with Crippen molar-refractivity contribution >= 4 is 10.8 Å². The molecule has 102 valence electrons. The summed E-state index contributed by atoms with van der Waals surface area (Å²) in [7, 11) is 0. The number of nitrogens with zero attached hydrogens (tertiary/aromatic N) is 1. The van der Waals surface area contributed by atoms with Gasteiger partial charge >= 0.3 is 0 Å². The predicted molar refractivity (Wildman–Crippen MR) is 82.3 cm³/mol. The molecule has 0 aliphatic rings. The maximum atomic E-state index is 4.29. The molecule has 1 atom stereocenters. The first-order chi connectivity index (χ1) is 9.36. The van der Waals surface area contributed by atoms with Crippen LogP contribution < -0.4 is 5.32 Å². The highest BCUT2D eigenvalue weighted by molar-refractivity contribution is 5.85. The van der Waals surface area contributed by atoms with Crippen molar-refractivity contribution in [3.05, 3.63) is 42.2 Å². The molecular weight excluding hydrogens is 232 g/mol. The van der Waals surface area contributed by atoms with Crippen LogP contribution in [0.15, 0.2) is 36.7 Å². The Bertz CT molecular complexity index is 494. The van der Waals surface area contributed by atoms with Crippen LogP contribution >= 0.6 is 0 Å². The van der Waals surface area contributed by atoms with Crippen molar-refractivity contribution in [1.82, 2.24) is 10.3 Å². The Balaban J connectivity index is 2.31. The highest BCUT2D eigenvalue weighted by atomic mass is 14.9. The van der Waals surface area contributed by atoms with Crippen molar-refractivity contribution in [1.29, 1.82) is 0 Å². The number of rotatable bonds is 7. The Morgan fingerprint density at radius 1 is 1.16 bits per heavy atom. The SMILES string of the molecule is CCCCC(NCCC)c1cccc2ccncc12. The van der Waals surface area contributed by atoms with Gasteiger partial charge in [-0.3, -0.25) is 4.98 Å². The fourth-order valence-corrected chi connectivity index (χ4v) is 2.54. The molecule has 0 fully saturated rings. The zero-order chi connectivity index (χ0) is 13.5. The van der Waals surface area contributed by atoms with Gasteiger partial charge in [0.05, 0.1) is 0 Å². The first-order valence-electron chi connectivity index (χ1n) is 7.42. The third kappa shape index (κ3) is 3.54. The molecule has 2 nitrogen and oxygen atoms in total. The second-order valence-corrected chi connectivity index (χ2v) is 5.09. The lowest BCUT2D eigenvalue weighted by Gasteiger charge is -2.20. The number of unbranched alkanes of at least 4 members (excludes halogenated alkanes) is 1. The Hall–Kier alpha value is -1.41. The minimum atomic E-state index is 0.452. The van der Waals surface area contributed by atoms with Crippen LogP contribution in [0.5, 0.6) is 0 Å². The average molecular weight is 256 g/mol. The van der Waals surface area contributed by atoms with Gasteiger partial charge in [0.25, 0.3) is 0 Å². The summed E-state index contributed by atoms with van der Waals surface area (Å²) in [6, 6.07) is 9.11. The van der Waals surface area contributed by atoms with Crippen molar-refractivity contribution < 1.29 is 0 Å². The Morgan fingerprint density at radius 3 is 2.84 bits per heavy atom. The summed E-state index contributed by atoms with van der Waals surface area (Å²) >= 11 is 0. The van der Waals surface area contributed by atoms with Gasteiger partial charge in [-0.25, -0.2) is 0 Å². The van der Waals surface area contributed by atoms with E-state index in [9.17, 15) is 0 Å². The molecule has 0 amide bonds. The molecular formula is C17H24N2. The van der Waals surface area contributed by atoms with Crippen LogP contribution in [0.3, 0.4) is 0 Å². The van der Waals surface area contributed by atoms with E-state index in [1.165, 1.54) is 42.0 Å². The van der Waals surface area contributed by atoms with Crippen LogP contribution in [0.1, 0.15) is 51.1 Å². The van der Waals surface area contributed by atoms with Crippen LogP contribution in [0.2, 0.25) is 0 Å². The Kier molecular flexibility index (Phi) is 5.34. The van der Waals surface area contributed by atoms with Crippen molar-refractivity contribution in [3.8, 4) is 0 Å². The summed E-state index contributed by atoms with van der Waals surface area (Å²) in [5, 5.41) is 6.26. The maximum Gasteiger partial charge on any atom is 0.0349 e. The number of pyridine rings is 1. The summed E-state index contributed by atoms with van der Waals surface area (Å²) in [6.45, 7) is 5.54. The lowest BCUT2D eigenvalue weighted by Crippen LogP contribution is -2.22. The minimum Gasteiger partial charge on any atom is -0.310 e. The molecule has 1 unspecified atom stereocenters. The predicted octanol–water partition coefficient (Wildman–Crippen LogP) is 4.47. The summed E-state index contributed by atoms with van der Waals surface area (Å²) in [5.41, 5.74) is 1.40. The fraction of sp³-hybridized carbons (Fsp3) is 0.471. The first kappa shape index (κ1) is 14.0. The molecule has 0 aliphatic carbocycles. The van der Waals surface area contributed by atoms with Gasteiger partial charge < -0.3 is 5.32 Å². The average Bonchev–Trinajstić information content (AvgIpc) is 2.47. The molecule has 1 aromatic carbocycles. The van der Waals surface area contributed by atoms with E-state index in [4.69, 9.17) is 0 Å². The van der Waals surface area contributed by atoms with Gasteiger partial charge in [0.15, 0.2) is 0 Å². The van der Waals surface area contributed by atoms with Crippen LogP contribution in [0.25, 0.3) is 10.8 Å². The minimum absolute atomic E-state index is 0.452. The van der Waals surface area contributed by atoms with E-state index in [1.54, 1.807) is 0 Å². The molecule has 2 rings (SSSR count). The second-order valence-electron chi connectivity index (χ2n) is 5.09. The molecule has 19 heavy (non-hydrogen) atoms. The molecule has 0 bridgehead atoms. The number of nitrogens with one attached hydrogen (secondary N) is 1. The third-order valence-electron chi connectivity index (χ3n) is 3.58. The number of aromatic nitrogens is 1. The van der Waals surface area contributed by atoms with E-state index in [0.717, 1.165) is 6.54 Å². The van der Waals surface area contributed by atoms with E-state index in [1.807, 2.05) is 12.4 Å². The summed E-state index contributed by atoms with van der Waals surface area (Å²) < 4.78 is 0. The van der Waals surface area contributed by atoms with Gasteiger partial charge in [-0.05, 0) is 36.4 Å². The molecule has 0 spiro atoms. The van der Waals surface area contributed by atoms with Crippen LogP contribution in [-0.2, 0) is 0 Å². The largest absolute Gasteiger partial charge is 0.310 e. The van der Waals surface area contributed by atoms with Gasteiger partial charge in [0, 0.05) is 23.8 Å². The molecule has 2 heteroatoms. The van der Waals surface area contributed by atoms with Crippen molar-refractivity contribution in [2.75, 3.05) is 6.54 Å². The molecule has 0 saturated heterocycles. The first-order valence-corrected chi connectivity index (χ1v) is 7.42. The maximum absolute atomic E-state index is 4.29. The smallest absolute Gasteiger partial charge is 0.0349 e. The third-order valence-corrected chi connectivity index (χ3v) is 3.58. The molecule has 0 aliphatic heterocycles. The van der Waals surface area contributed by atoms with Gasteiger partial charge in [0.2, 0.25) is 0 Å². The molecule has 2 aromatic rings. The zero-order valence-corrected chi connectivity index (χ0v) is 12.0. The van der Waals surface area contributed by atoms with Gasteiger partial charge in [-0.15, -0.1) is 0 Å². The Labute approximate surface area is 116 Å². The molecule has 1 aromatic heterocycles. The van der Waals surface area contributed by atoms with Crippen molar-refractivity contribution in [2.45, 2.75) is 45.6 Å². The van der Waals surface area contributed by atoms with Crippen LogP contribution in [0, 0.1) is 0 Å². The monoisotopic (exact) mass is 256 g/mol. The van der Waals surface area contributed by atoms with Gasteiger partial charge in [-0.2, -0.15) is 0 Å². The van der Waals surface area contributed by atoms with Gasteiger partial charge in [-0.1, -0.05) is 44.9 Å². The summed E-state index contributed by atoms with van der Waals surface area (Å²) in [6.07, 6.45) is 8.74. The summed E-state index contributed by atoms with van der Waals surface area (Å²) in [4.78, 5) is 4.29. The summed E-state index contributed by atoms with van der Waals surface area (Å²) in [5.74, 6) is 0. The number of hydrogen-bond acceptors (Lipinski definition) is 2. The van der Waals surface area contributed by atoms with Crippen LogP contribution in [-0.4, -0.2) is 11.5 Å². The zero-order valence-electron chi connectivity index (χ0n) is 12.0. The Morgan fingerprint density at radius 2 is 2.05 bits per heavy atom. The van der Waals surface area contributed by atoms with Crippen molar-refractivity contribution in [3.63, 3.8) is 0 Å². The van der Waals surface area contributed by atoms with E-state index in [-0.39, 0.29) is 0 Å². The van der Waals surface area contributed by atoms with E-state index < -0.39 is 0 Å². The number of benzene rings is 1. The van der Waals surface area contributed by atoms with E-state index >= 15 is 0 Å². The number of fused-ring (bicyclic) bond motifs is 1. The van der Waals surface area contributed by atoms with Crippen LogP contribution in [0.4, 0.5) is 0 Å². The highest BCUT2D eigenvalue weighted by Gasteiger charge is 2.12. The highest BCUT2D eigenvalue weighted by Crippen LogP contribution is 2.26.